The van der Waals surface area contributed by atoms with Gasteiger partial charge in [-0.2, -0.15) is 0 Å². The molecule has 6 nitrogen and oxygen atoms in total. The van der Waals surface area contributed by atoms with Gasteiger partial charge in [-0.25, -0.2) is 4.98 Å². The van der Waals surface area contributed by atoms with Gasteiger partial charge in [0.15, 0.2) is 0 Å². The molecule has 1 fully saturated rings. The van der Waals surface area contributed by atoms with Crippen LogP contribution in [0, 0.1) is 0 Å². The molecular weight excluding hydrogens is 296 g/mol. The van der Waals surface area contributed by atoms with Gasteiger partial charge in [0.05, 0.1) is 19.1 Å². The zero-order valence-corrected chi connectivity index (χ0v) is 12.3. The highest BCUT2D eigenvalue weighted by Crippen LogP contribution is 2.16. The van der Waals surface area contributed by atoms with Gasteiger partial charge in [0.25, 0.3) is 5.91 Å². The van der Waals surface area contributed by atoms with Crippen molar-refractivity contribution in [3.8, 4) is 0 Å². The van der Waals surface area contributed by atoms with Crippen LogP contribution in [0.1, 0.15) is 29.8 Å². The number of hydrogen-bond donors (Lipinski definition) is 1. The van der Waals surface area contributed by atoms with Gasteiger partial charge in [-0.1, -0.05) is 17.7 Å². The molecule has 0 spiro atoms. The molecule has 2 heterocycles. The molecule has 114 valence electrons. The van der Waals surface area contributed by atoms with E-state index in [4.69, 9.17) is 21.4 Å². The summed E-state index contributed by atoms with van der Waals surface area (Å²) in [5.41, 5.74) is 0.341. The number of aromatic nitrogens is 1. The number of amides is 1. The van der Waals surface area contributed by atoms with E-state index in [1.165, 1.54) is 0 Å². The summed E-state index contributed by atoms with van der Waals surface area (Å²) in [6.07, 6.45) is 1.42. The molecule has 0 saturated carbocycles. The van der Waals surface area contributed by atoms with Crippen molar-refractivity contribution in [2.75, 3.05) is 19.7 Å². The fourth-order valence-electron chi connectivity index (χ4n) is 2.23. The topological polar surface area (TPSA) is 79.7 Å². The molecule has 2 rings (SSSR count). The molecule has 1 aromatic rings. The Bertz CT molecular complexity index is 515. The van der Waals surface area contributed by atoms with Crippen LogP contribution in [0.2, 0.25) is 5.15 Å². The van der Waals surface area contributed by atoms with Crippen molar-refractivity contribution >= 4 is 23.5 Å². The third-order valence-electron chi connectivity index (χ3n) is 3.33. The van der Waals surface area contributed by atoms with E-state index in [9.17, 15) is 9.59 Å². The van der Waals surface area contributed by atoms with Crippen molar-refractivity contribution in [2.24, 2.45) is 0 Å². The summed E-state index contributed by atoms with van der Waals surface area (Å²) in [5, 5.41) is 8.85. The lowest BCUT2D eigenvalue weighted by atomic mass is 10.1. The Morgan fingerprint density at radius 3 is 2.71 bits per heavy atom. The molecule has 1 amide bonds. The lowest BCUT2D eigenvalue weighted by Gasteiger charge is -2.31. The predicted octanol–water partition coefficient (Wildman–Crippen LogP) is 1.83. The third-order valence-corrected chi connectivity index (χ3v) is 3.54. The van der Waals surface area contributed by atoms with Crippen LogP contribution in [-0.2, 0) is 9.53 Å². The highest BCUT2D eigenvalue weighted by atomic mass is 35.5. The second kappa shape index (κ2) is 7.38. The van der Waals surface area contributed by atoms with Crippen LogP contribution in [0.15, 0.2) is 18.2 Å². The number of nitrogens with zero attached hydrogens (tertiary/aromatic N) is 2. The molecule has 1 aliphatic rings. The van der Waals surface area contributed by atoms with Crippen molar-refractivity contribution < 1.29 is 19.4 Å². The second-order valence-electron chi connectivity index (χ2n) is 4.85. The number of halogens is 1. The average Bonchev–Trinajstić information content (AvgIpc) is 2.47. The van der Waals surface area contributed by atoms with Crippen LogP contribution >= 0.6 is 11.6 Å². The predicted molar refractivity (Wildman–Crippen MR) is 76.4 cm³/mol. The van der Waals surface area contributed by atoms with E-state index in [1.807, 2.05) is 0 Å². The van der Waals surface area contributed by atoms with Gasteiger partial charge in [0, 0.05) is 13.1 Å². The van der Waals surface area contributed by atoms with E-state index >= 15 is 0 Å². The summed E-state index contributed by atoms with van der Waals surface area (Å²) in [5.74, 6) is -1.00. The Balaban J connectivity index is 1.81. The zero-order chi connectivity index (χ0) is 15.2. The maximum Gasteiger partial charge on any atom is 0.305 e. The van der Waals surface area contributed by atoms with E-state index in [0.29, 0.717) is 36.8 Å². The van der Waals surface area contributed by atoms with E-state index in [1.54, 1.807) is 23.1 Å². The second-order valence-corrected chi connectivity index (χ2v) is 5.24. The zero-order valence-electron chi connectivity index (χ0n) is 11.5. The maximum atomic E-state index is 12.2. The van der Waals surface area contributed by atoms with Crippen LogP contribution in [0.4, 0.5) is 0 Å². The summed E-state index contributed by atoms with van der Waals surface area (Å²) in [6.45, 7) is 1.36. The van der Waals surface area contributed by atoms with Gasteiger partial charge in [-0.05, 0) is 25.0 Å². The Labute approximate surface area is 127 Å². The van der Waals surface area contributed by atoms with Crippen LogP contribution in [-0.4, -0.2) is 52.7 Å². The van der Waals surface area contributed by atoms with Crippen LogP contribution in [0.25, 0.3) is 0 Å². The molecule has 7 heteroatoms. The lowest BCUT2D eigenvalue weighted by molar-refractivity contribution is -0.138. The number of carboxylic acid groups (broad SMARTS) is 1. The normalized spacial score (nSPS) is 16.0. The van der Waals surface area contributed by atoms with Crippen LogP contribution in [0.5, 0.6) is 0 Å². The fraction of sp³-hybridized carbons (Fsp3) is 0.500. The minimum Gasteiger partial charge on any atom is -0.481 e. The molecule has 1 aromatic heterocycles. The first-order valence-electron chi connectivity index (χ1n) is 6.81. The molecular formula is C14H17ClN2O4. The molecule has 0 unspecified atom stereocenters. The van der Waals surface area contributed by atoms with Gasteiger partial charge in [0.1, 0.15) is 10.8 Å². The van der Waals surface area contributed by atoms with Crippen molar-refractivity contribution in [3.63, 3.8) is 0 Å². The van der Waals surface area contributed by atoms with Crippen molar-refractivity contribution in [3.05, 3.63) is 29.0 Å². The summed E-state index contributed by atoms with van der Waals surface area (Å²) >= 11 is 5.78. The smallest absolute Gasteiger partial charge is 0.305 e. The van der Waals surface area contributed by atoms with E-state index in [-0.39, 0.29) is 25.0 Å². The number of rotatable bonds is 5. The third kappa shape index (κ3) is 4.68. The molecule has 0 aromatic carbocycles. The van der Waals surface area contributed by atoms with Gasteiger partial charge < -0.3 is 14.7 Å². The molecule has 1 saturated heterocycles. The molecule has 21 heavy (non-hydrogen) atoms. The van der Waals surface area contributed by atoms with Crippen molar-refractivity contribution in [1.82, 2.24) is 9.88 Å². The van der Waals surface area contributed by atoms with Crippen molar-refractivity contribution in [1.29, 1.82) is 0 Å². The summed E-state index contributed by atoms with van der Waals surface area (Å²) in [7, 11) is 0. The molecule has 0 radical (unpaired) electrons. The maximum absolute atomic E-state index is 12.2. The number of piperidine rings is 1. The van der Waals surface area contributed by atoms with E-state index < -0.39 is 5.97 Å². The number of hydrogen-bond acceptors (Lipinski definition) is 4. The highest BCUT2D eigenvalue weighted by molar-refractivity contribution is 6.29. The number of carboxylic acids is 1. The average molecular weight is 313 g/mol. The number of carbonyl (C=O) groups excluding carboxylic acids is 1. The number of aliphatic carboxylic acids is 1. The quantitative estimate of drug-likeness (QED) is 0.839. The Hall–Kier alpha value is -1.66. The molecule has 0 atom stereocenters. The molecule has 1 aliphatic heterocycles. The van der Waals surface area contributed by atoms with Crippen LogP contribution < -0.4 is 0 Å². The molecule has 0 bridgehead atoms. The first-order chi connectivity index (χ1) is 10.1. The number of likely N-dealkylation sites (tertiary alicyclic amines) is 1. The largest absolute Gasteiger partial charge is 0.481 e. The Morgan fingerprint density at radius 1 is 1.38 bits per heavy atom. The van der Waals surface area contributed by atoms with Gasteiger partial charge >= 0.3 is 5.97 Å². The number of ether oxygens (including phenoxy) is 1. The van der Waals surface area contributed by atoms with E-state index in [0.717, 1.165) is 0 Å². The minimum absolute atomic E-state index is 0.00553. The summed E-state index contributed by atoms with van der Waals surface area (Å²) in [4.78, 5) is 28.4. The van der Waals surface area contributed by atoms with Gasteiger partial charge in [-0.15, -0.1) is 0 Å². The minimum atomic E-state index is -0.866. The summed E-state index contributed by atoms with van der Waals surface area (Å²) in [6, 6.07) is 4.97. The first-order valence-corrected chi connectivity index (χ1v) is 7.19. The molecule has 0 aliphatic carbocycles. The molecule has 1 N–H and O–H groups in total. The Morgan fingerprint density at radius 2 is 2.10 bits per heavy atom. The number of carbonyl (C=O) groups is 2. The Kier molecular flexibility index (Phi) is 5.52. The highest BCUT2D eigenvalue weighted by Gasteiger charge is 2.24. The van der Waals surface area contributed by atoms with Crippen molar-refractivity contribution in [2.45, 2.75) is 25.4 Å². The first kappa shape index (κ1) is 15.7. The fourth-order valence-corrected chi connectivity index (χ4v) is 2.39. The van der Waals surface area contributed by atoms with E-state index in [2.05, 4.69) is 4.98 Å². The van der Waals surface area contributed by atoms with Gasteiger partial charge in [0.2, 0.25) is 0 Å². The van der Waals surface area contributed by atoms with Gasteiger partial charge in [-0.3, -0.25) is 9.59 Å². The monoisotopic (exact) mass is 312 g/mol. The standard InChI is InChI=1S/C14H17ClN2O4/c15-12-3-1-2-11(16-12)14(20)17-7-4-10(5-8-17)21-9-6-13(18)19/h1-3,10H,4-9H2,(H,18,19). The SMILES string of the molecule is O=C(O)CCOC1CCN(C(=O)c2cccc(Cl)n2)CC1. The summed E-state index contributed by atoms with van der Waals surface area (Å²) < 4.78 is 5.49. The van der Waals surface area contributed by atoms with Crippen LogP contribution in [0.3, 0.4) is 0 Å². The lowest BCUT2D eigenvalue weighted by Crippen LogP contribution is -2.41. The number of pyridine rings is 1.